The number of hydrogen-bond acceptors (Lipinski definition) is 3. The molecule has 2 N–H and O–H groups in total. The van der Waals surface area contributed by atoms with Crippen molar-refractivity contribution in [3.05, 3.63) is 60.4 Å². The Kier molecular flexibility index (Phi) is 4.74. The van der Waals surface area contributed by atoms with Gasteiger partial charge in [-0.1, -0.05) is 24.3 Å². The lowest BCUT2D eigenvalue weighted by Gasteiger charge is -2.18. The molecular weight excluding hydrogens is 304 g/mol. The highest BCUT2D eigenvalue weighted by Gasteiger charge is 2.31. The first kappa shape index (κ1) is 16.0. The molecule has 6 nitrogen and oxygen atoms in total. The van der Waals surface area contributed by atoms with E-state index in [2.05, 4.69) is 15.6 Å². The Labute approximate surface area is 140 Å². The molecule has 2 heterocycles. The summed E-state index contributed by atoms with van der Waals surface area (Å²) in [6.45, 7) is 2.35. The predicted molar refractivity (Wildman–Crippen MR) is 91.5 cm³/mol. The van der Waals surface area contributed by atoms with Crippen LogP contribution in [0.3, 0.4) is 0 Å². The van der Waals surface area contributed by atoms with Crippen molar-refractivity contribution in [1.82, 2.24) is 15.6 Å². The van der Waals surface area contributed by atoms with Crippen LogP contribution in [-0.2, 0) is 4.79 Å². The third kappa shape index (κ3) is 3.71. The maximum Gasteiger partial charge on any atom is 0.315 e. The van der Waals surface area contributed by atoms with Gasteiger partial charge in [-0.2, -0.15) is 0 Å². The van der Waals surface area contributed by atoms with Crippen LogP contribution < -0.4 is 15.5 Å². The molecule has 0 aliphatic carbocycles. The summed E-state index contributed by atoms with van der Waals surface area (Å²) in [4.78, 5) is 30.2. The number of urea groups is 1. The average molecular weight is 324 g/mol. The minimum absolute atomic E-state index is 0.0178. The smallest absolute Gasteiger partial charge is 0.315 e. The molecule has 1 aliphatic heterocycles. The van der Waals surface area contributed by atoms with Crippen molar-refractivity contribution in [2.45, 2.75) is 25.4 Å². The zero-order valence-corrected chi connectivity index (χ0v) is 13.5. The van der Waals surface area contributed by atoms with Crippen LogP contribution in [0, 0.1) is 0 Å². The van der Waals surface area contributed by atoms with Crippen LogP contribution in [0.4, 0.5) is 10.5 Å². The topological polar surface area (TPSA) is 74.3 Å². The van der Waals surface area contributed by atoms with Gasteiger partial charge < -0.3 is 15.5 Å². The highest BCUT2D eigenvalue weighted by molar-refractivity contribution is 5.96. The first-order chi connectivity index (χ1) is 11.6. The number of para-hydroxylation sites is 1. The predicted octanol–water partition coefficient (Wildman–Crippen LogP) is 2.25. The van der Waals surface area contributed by atoms with Crippen molar-refractivity contribution in [2.75, 3.05) is 11.4 Å². The number of anilines is 1. The van der Waals surface area contributed by atoms with E-state index >= 15 is 0 Å². The van der Waals surface area contributed by atoms with E-state index in [1.807, 2.05) is 55.5 Å². The molecule has 1 aliphatic rings. The number of benzene rings is 1. The van der Waals surface area contributed by atoms with Crippen molar-refractivity contribution in [3.8, 4) is 0 Å². The molecular formula is C18H20N4O2. The number of hydrogen-bond donors (Lipinski definition) is 2. The van der Waals surface area contributed by atoms with Gasteiger partial charge in [0.25, 0.3) is 0 Å². The van der Waals surface area contributed by atoms with E-state index in [9.17, 15) is 9.59 Å². The Balaban J connectivity index is 1.55. The number of amides is 3. The molecule has 0 radical (unpaired) electrons. The number of carbonyl (C=O) groups is 2. The molecule has 3 rings (SSSR count). The summed E-state index contributed by atoms with van der Waals surface area (Å²) in [5.74, 6) is 0.0178. The largest absolute Gasteiger partial charge is 0.333 e. The zero-order valence-electron chi connectivity index (χ0n) is 13.5. The number of pyridine rings is 1. The summed E-state index contributed by atoms with van der Waals surface area (Å²) >= 11 is 0. The maximum absolute atomic E-state index is 12.2. The summed E-state index contributed by atoms with van der Waals surface area (Å²) in [6, 6.07) is 14.4. The first-order valence-corrected chi connectivity index (χ1v) is 7.97. The second kappa shape index (κ2) is 7.12. The van der Waals surface area contributed by atoms with Crippen LogP contribution in [-0.4, -0.2) is 29.5 Å². The Hall–Kier alpha value is -2.89. The number of carbonyl (C=O) groups excluding carboxylic acids is 2. The molecule has 0 bridgehead atoms. The summed E-state index contributed by atoms with van der Waals surface area (Å²) in [6.07, 6.45) is 2.00. The number of aromatic nitrogens is 1. The van der Waals surface area contributed by atoms with Gasteiger partial charge in [0.05, 0.1) is 17.8 Å². The Bertz CT molecular complexity index is 705. The lowest BCUT2D eigenvalue weighted by atomic mass is 10.2. The molecule has 0 saturated carbocycles. The third-order valence-electron chi connectivity index (χ3n) is 4.01. The molecule has 1 aromatic carbocycles. The Morgan fingerprint density at radius 3 is 2.67 bits per heavy atom. The molecule has 124 valence electrons. The number of nitrogens with one attached hydrogen (secondary N) is 2. The molecule has 0 spiro atoms. The second-order valence-electron chi connectivity index (χ2n) is 5.84. The van der Waals surface area contributed by atoms with Gasteiger partial charge in [-0.25, -0.2) is 4.79 Å². The van der Waals surface area contributed by atoms with E-state index in [1.54, 1.807) is 11.1 Å². The van der Waals surface area contributed by atoms with Gasteiger partial charge >= 0.3 is 6.03 Å². The van der Waals surface area contributed by atoms with Gasteiger partial charge in [0.1, 0.15) is 0 Å². The van der Waals surface area contributed by atoms with E-state index in [0.29, 0.717) is 13.0 Å². The molecule has 2 aromatic rings. The fraction of sp³-hybridized carbons (Fsp3) is 0.278. The fourth-order valence-electron chi connectivity index (χ4n) is 2.79. The molecule has 24 heavy (non-hydrogen) atoms. The van der Waals surface area contributed by atoms with Gasteiger partial charge in [0, 0.05) is 24.8 Å². The maximum atomic E-state index is 12.2. The summed E-state index contributed by atoms with van der Waals surface area (Å²) in [5, 5.41) is 5.72. The summed E-state index contributed by atoms with van der Waals surface area (Å²) in [5.41, 5.74) is 1.65. The quantitative estimate of drug-likeness (QED) is 0.906. The Morgan fingerprint density at radius 1 is 1.21 bits per heavy atom. The second-order valence-corrected chi connectivity index (χ2v) is 5.84. The lowest BCUT2D eigenvalue weighted by Crippen LogP contribution is -2.44. The fourth-order valence-corrected chi connectivity index (χ4v) is 2.79. The Morgan fingerprint density at radius 2 is 1.96 bits per heavy atom. The average Bonchev–Trinajstić information content (AvgIpc) is 2.96. The van der Waals surface area contributed by atoms with Crippen LogP contribution in [0.2, 0.25) is 0 Å². The lowest BCUT2D eigenvalue weighted by molar-refractivity contribution is -0.117. The van der Waals surface area contributed by atoms with E-state index in [0.717, 1.165) is 11.4 Å². The normalized spacial score (nSPS) is 18.3. The highest BCUT2D eigenvalue weighted by atomic mass is 16.2. The molecule has 6 heteroatoms. The van der Waals surface area contributed by atoms with E-state index in [-0.39, 0.29) is 24.0 Å². The molecule has 3 amide bonds. The molecule has 1 aromatic heterocycles. The summed E-state index contributed by atoms with van der Waals surface area (Å²) in [7, 11) is 0. The molecule has 2 unspecified atom stereocenters. The van der Waals surface area contributed by atoms with Crippen molar-refractivity contribution in [1.29, 1.82) is 0 Å². The van der Waals surface area contributed by atoms with Crippen LogP contribution in [0.25, 0.3) is 0 Å². The van der Waals surface area contributed by atoms with Crippen LogP contribution in [0.15, 0.2) is 54.7 Å². The van der Waals surface area contributed by atoms with Crippen LogP contribution >= 0.6 is 0 Å². The minimum Gasteiger partial charge on any atom is -0.333 e. The highest BCUT2D eigenvalue weighted by Crippen LogP contribution is 2.21. The van der Waals surface area contributed by atoms with Gasteiger partial charge in [-0.3, -0.25) is 9.78 Å². The van der Waals surface area contributed by atoms with E-state index < -0.39 is 0 Å². The molecule has 1 fully saturated rings. The van der Waals surface area contributed by atoms with Crippen molar-refractivity contribution in [2.24, 2.45) is 0 Å². The standard InChI is InChI=1S/C18H20N4O2/c1-13(16-9-5-6-10-19-16)20-18(24)21-14-11-17(23)22(12-14)15-7-3-2-4-8-15/h2-10,13-14H,11-12H2,1H3,(H2,20,21,24). The van der Waals surface area contributed by atoms with Crippen LogP contribution in [0.1, 0.15) is 25.1 Å². The van der Waals surface area contributed by atoms with Crippen molar-refractivity contribution in [3.63, 3.8) is 0 Å². The van der Waals surface area contributed by atoms with Gasteiger partial charge in [0.2, 0.25) is 5.91 Å². The monoisotopic (exact) mass is 324 g/mol. The molecule has 2 atom stereocenters. The van der Waals surface area contributed by atoms with Gasteiger partial charge in [0.15, 0.2) is 0 Å². The van der Waals surface area contributed by atoms with Crippen molar-refractivity contribution < 1.29 is 9.59 Å². The van der Waals surface area contributed by atoms with Gasteiger partial charge in [-0.15, -0.1) is 0 Å². The molecule has 1 saturated heterocycles. The first-order valence-electron chi connectivity index (χ1n) is 7.97. The number of nitrogens with zero attached hydrogens (tertiary/aromatic N) is 2. The number of rotatable bonds is 4. The zero-order chi connectivity index (χ0) is 16.9. The van der Waals surface area contributed by atoms with Gasteiger partial charge in [-0.05, 0) is 31.2 Å². The summed E-state index contributed by atoms with van der Waals surface area (Å²) < 4.78 is 0. The van der Waals surface area contributed by atoms with E-state index in [4.69, 9.17) is 0 Å². The minimum atomic E-state index is -0.291. The third-order valence-corrected chi connectivity index (χ3v) is 4.01. The SMILES string of the molecule is CC(NC(=O)NC1CC(=O)N(c2ccccc2)C1)c1ccccn1. The van der Waals surface area contributed by atoms with Crippen LogP contribution in [0.5, 0.6) is 0 Å². The van der Waals surface area contributed by atoms with Crippen molar-refractivity contribution >= 4 is 17.6 Å². The van der Waals surface area contributed by atoms with E-state index in [1.165, 1.54) is 0 Å².